The SMILES string of the molecule is CCN(CC)S(=O)(=O)c1ccc(Cl)c(C(=O)OCC(=O)Nc2cccc(C)c2)c1. The maximum absolute atomic E-state index is 12.6. The second-order valence-electron chi connectivity index (χ2n) is 6.22. The van der Waals surface area contributed by atoms with Crippen molar-refractivity contribution in [2.75, 3.05) is 25.0 Å². The fourth-order valence-corrected chi connectivity index (χ4v) is 4.34. The van der Waals surface area contributed by atoms with Crippen molar-refractivity contribution in [2.24, 2.45) is 0 Å². The first-order valence-corrected chi connectivity index (χ1v) is 10.8. The molecule has 1 N–H and O–H groups in total. The molecule has 0 atom stereocenters. The Kier molecular flexibility index (Phi) is 7.78. The Morgan fingerprint density at radius 3 is 2.41 bits per heavy atom. The van der Waals surface area contributed by atoms with Crippen LogP contribution in [0.2, 0.25) is 5.02 Å². The van der Waals surface area contributed by atoms with Crippen LogP contribution in [0.3, 0.4) is 0 Å². The Hall–Kier alpha value is -2.42. The molecule has 0 aliphatic carbocycles. The Balaban J connectivity index is 2.11. The molecular weight excluding hydrogens is 416 g/mol. The molecule has 156 valence electrons. The number of ether oxygens (including phenoxy) is 1. The summed E-state index contributed by atoms with van der Waals surface area (Å²) in [4.78, 5) is 24.3. The quantitative estimate of drug-likeness (QED) is 0.637. The van der Waals surface area contributed by atoms with E-state index in [0.717, 1.165) is 11.6 Å². The van der Waals surface area contributed by atoms with Gasteiger partial charge in [0.25, 0.3) is 5.91 Å². The van der Waals surface area contributed by atoms with E-state index >= 15 is 0 Å². The highest BCUT2D eigenvalue weighted by Crippen LogP contribution is 2.23. The van der Waals surface area contributed by atoms with E-state index in [2.05, 4.69) is 5.32 Å². The first kappa shape index (κ1) is 22.9. The number of carbonyl (C=O) groups excluding carboxylic acids is 2. The number of halogens is 1. The summed E-state index contributed by atoms with van der Waals surface area (Å²) >= 11 is 6.04. The van der Waals surface area contributed by atoms with Crippen LogP contribution in [-0.2, 0) is 19.6 Å². The number of aryl methyl sites for hydroxylation is 1. The van der Waals surface area contributed by atoms with Crippen molar-refractivity contribution in [3.8, 4) is 0 Å². The van der Waals surface area contributed by atoms with Gasteiger partial charge in [-0.1, -0.05) is 37.6 Å². The summed E-state index contributed by atoms with van der Waals surface area (Å²) in [6.45, 7) is 5.38. The van der Waals surface area contributed by atoms with Crippen molar-refractivity contribution < 1.29 is 22.7 Å². The first-order valence-electron chi connectivity index (χ1n) is 9.02. The highest BCUT2D eigenvalue weighted by atomic mass is 35.5. The summed E-state index contributed by atoms with van der Waals surface area (Å²) in [5.41, 5.74) is 1.43. The van der Waals surface area contributed by atoms with Gasteiger partial charge < -0.3 is 10.1 Å². The van der Waals surface area contributed by atoms with E-state index in [1.165, 1.54) is 16.4 Å². The number of anilines is 1. The van der Waals surface area contributed by atoms with Crippen molar-refractivity contribution in [1.29, 1.82) is 0 Å². The van der Waals surface area contributed by atoms with Crippen LogP contribution in [0.5, 0.6) is 0 Å². The molecule has 2 aromatic rings. The van der Waals surface area contributed by atoms with Gasteiger partial charge in [-0.3, -0.25) is 4.79 Å². The number of nitrogens with one attached hydrogen (secondary N) is 1. The smallest absolute Gasteiger partial charge is 0.340 e. The van der Waals surface area contributed by atoms with Crippen LogP contribution >= 0.6 is 11.6 Å². The van der Waals surface area contributed by atoms with Crippen LogP contribution < -0.4 is 5.32 Å². The number of nitrogens with zero attached hydrogens (tertiary/aromatic N) is 1. The molecule has 0 heterocycles. The van der Waals surface area contributed by atoms with E-state index in [-0.39, 0.29) is 15.5 Å². The monoisotopic (exact) mass is 438 g/mol. The minimum absolute atomic E-state index is 0.0348. The van der Waals surface area contributed by atoms with Gasteiger partial charge in [0.2, 0.25) is 10.0 Å². The molecule has 7 nitrogen and oxygen atoms in total. The van der Waals surface area contributed by atoms with Gasteiger partial charge in [0.15, 0.2) is 6.61 Å². The molecular formula is C20H23ClN2O5S. The zero-order chi connectivity index (χ0) is 21.6. The fourth-order valence-electron chi connectivity index (χ4n) is 2.66. The standard InChI is InChI=1S/C20H23ClN2O5S/c1-4-23(5-2)29(26,27)16-9-10-18(21)17(12-16)20(25)28-13-19(24)22-15-8-6-7-14(3)11-15/h6-12H,4-5,13H2,1-3H3,(H,22,24). The highest BCUT2D eigenvalue weighted by molar-refractivity contribution is 7.89. The molecule has 0 spiro atoms. The third-order valence-corrected chi connectivity index (χ3v) is 6.51. The lowest BCUT2D eigenvalue weighted by Crippen LogP contribution is -2.30. The second-order valence-corrected chi connectivity index (χ2v) is 8.57. The highest BCUT2D eigenvalue weighted by Gasteiger charge is 2.24. The second kappa shape index (κ2) is 9.87. The molecule has 0 saturated heterocycles. The minimum atomic E-state index is -3.76. The average molecular weight is 439 g/mol. The van der Waals surface area contributed by atoms with Crippen LogP contribution in [0.15, 0.2) is 47.4 Å². The van der Waals surface area contributed by atoms with Crippen molar-refractivity contribution in [1.82, 2.24) is 4.31 Å². The number of rotatable bonds is 8. The zero-order valence-corrected chi connectivity index (χ0v) is 18.0. The molecule has 2 rings (SSSR count). The van der Waals surface area contributed by atoms with E-state index in [1.54, 1.807) is 32.0 Å². The number of sulfonamides is 1. The van der Waals surface area contributed by atoms with Crippen molar-refractivity contribution >= 4 is 39.2 Å². The number of carbonyl (C=O) groups is 2. The molecule has 0 bridgehead atoms. The Morgan fingerprint density at radius 1 is 1.10 bits per heavy atom. The van der Waals surface area contributed by atoms with Crippen molar-refractivity contribution in [2.45, 2.75) is 25.7 Å². The van der Waals surface area contributed by atoms with Gasteiger partial charge in [-0.05, 0) is 42.8 Å². The topological polar surface area (TPSA) is 92.8 Å². The molecule has 0 fully saturated rings. The van der Waals surface area contributed by atoms with Gasteiger partial charge in [0.1, 0.15) is 0 Å². The lowest BCUT2D eigenvalue weighted by Gasteiger charge is -2.19. The molecule has 1 amide bonds. The van der Waals surface area contributed by atoms with Gasteiger partial charge >= 0.3 is 5.97 Å². The third kappa shape index (κ3) is 5.79. The average Bonchev–Trinajstić information content (AvgIpc) is 2.67. The van der Waals surface area contributed by atoms with E-state index in [0.29, 0.717) is 18.8 Å². The summed E-state index contributed by atoms with van der Waals surface area (Å²) in [6.07, 6.45) is 0. The largest absolute Gasteiger partial charge is 0.452 e. The van der Waals surface area contributed by atoms with Crippen molar-refractivity contribution in [3.63, 3.8) is 0 Å². The van der Waals surface area contributed by atoms with Gasteiger partial charge in [0, 0.05) is 18.8 Å². The summed E-state index contributed by atoms with van der Waals surface area (Å²) in [7, 11) is -3.76. The summed E-state index contributed by atoms with van der Waals surface area (Å²) < 4.78 is 31.6. The van der Waals surface area contributed by atoms with E-state index in [4.69, 9.17) is 16.3 Å². The van der Waals surface area contributed by atoms with Crippen LogP contribution in [0.25, 0.3) is 0 Å². The lowest BCUT2D eigenvalue weighted by molar-refractivity contribution is -0.119. The zero-order valence-electron chi connectivity index (χ0n) is 16.4. The molecule has 2 aromatic carbocycles. The van der Waals surface area contributed by atoms with Crippen LogP contribution in [0.4, 0.5) is 5.69 Å². The normalized spacial score (nSPS) is 11.3. The number of hydrogen-bond donors (Lipinski definition) is 1. The van der Waals surface area contributed by atoms with Crippen LogP contribution in [0.1, 0.15) is 29.8 Å². The molecule has 9 heteroatoms. The van der Waals surface area contributed by atoms with Crippen molar-refractivity contribution in [3.05, 3.63) is 58.6 Å². The lowest BCUT2D eigenvalue weighted by atomic mass is 10.2. The molecule has 0 aliphatic heterocycles. The maximum Gasteiger partial charge on any atom is 0.340 e. The van der Waals surface area contributed by atoms with Gasteiger partial charge in [-0.25, -0.2) is 13.2 Å². The van der Waals surface area contributed by atoms with Gasteiger partial charge in [0.05, 0.1) is 15.5 Å². The number of hydrogen-bond acceptors (Lipinski definition) is 5. The van der Waals surface area contributed by atoms with Gasteiger partial charge in [-0.15, -0.1) is 0 Å². The minimum Gasteiger partial charge on any atom is -0.452 e. The predicted octanol–water partition coefficient (Wildman–Crippen LogP) is 3.47. The molecule has 0 saturated carbocycles. The third-order valence-electron chi connectivity index (χ3n) is 4.14. The molecule has 0 radical (unpaired) electrons. The number of benzene rings is 2. The van der Waals surface area contributed by atoms with Crippen LogP contribution in [0, 0.1) is 6.92 Å². The Bertz CT molecular complexity index is 1000. The summed E-state index contributed by atoms with van der Waals surface area (Å²) in [5, 5.41) is 2.65. The number of amides is 1. The molecule has 0 aliphatic rings. The van der Waals surface area contributed by atoms with E-state index < -0.39 is 28.5 Å². The summed E-state index contributed by atoms with van der Waals surface area (Å²) in [6, 6.07) is 11.0. The Labute approximate surface area is 175 Å². The van der Waals surface area contributed by atoms with E-state index in [1.807, 2.05) is 13.0 Å². The number of esters is 1. The Morgan fingerprint density at radius 2 is 1.79 bits per heavy atom. The predicted molar refractivity (Wildman–Crippen MR) is 112 cm³/mol. The molecule has 0 aromatic heterocycles. The van der Waals surface area contributed by atoms with Gasteiger partial charge in [-0.2, -0.15) is 4.31 Å². The maximum atomic E-state index is 12.6. The first-order chi connectivity index (χ1) is 13.7. The summed E-state index contributed by atoms with van der Waals surface area (Å²) in [5.74, 6) is -1.40. The molecule has 0 unspecified atom stereocenters. The molecule has 29 heavy (non-hydrogen) atoms. The van der Waals surface area contributed by atoms with E-state index in [9.17, 15) is 18.0 Å². The van der Waals surface area contributed by atoms with Crippen LogP contribution in [-0.4, -0.2) is 44.3 Å². The fraction of sp³-hybridized carbons (Fsp3) is 0.300.